The van der Waals surface area contributed by atoms with Gasteiger partial charge in [0.05, 0.1) is 10.5 Å². The summed E-state index contributed by atoms with van der Waals surface area (Å²) >= 11 is 0. The Kier molecular flexibility index (Phi) is 5.93. The third-order valence-corrected chi connectivity index (χ3v) is 5.88. The number of sulfonamides is 1. The zero-order valence-electron chi connectivity index (χ0n) is 14.5. The molecule has 2 aromatic carbocycles. The van der Waals surface area contributed by atoms with Crippen LogP contribution in [0.25, 0.3) is 0 Å². The van der Waals surface area contributed by atoms with Crippen LogP contribution in [0, 0.1) is 0 Å². The largest absolute Gasteiger partial charge is 0.457 e. The molecule has 6 nitrogen and oxygen atoms in total. The van der Waals surface area contributed by atoms with Crippen molar-refractivity contribution in [1.82, 2.24) is 10.0 Å². The van der Waals surface area contributed by atoms with Gasteiger partial charge in [-0.15, -0.1) is 0 Å². The third kappa shape index (κ3) is 5.04. The summed E-state index contributed by atoms with van der Waals surface area (Å²) in [6, 6.07) is 15.5. The first-order chi connectivity index (χ1) is 12.5. The normalized spacial score (nSPS) is 21.1. The summed E-state index contributed by atoms with van der Waals surface area (Å²) in [7, 11) is -3.69. The summed E-state index contributed by atoms with van der Waals surface area (Å²) in [5, 5.41) is 13.8. The van der Waals surface area contributed by atoms with Gasteiger partial charge in [0, 0.05) is 6.54 Å². The van der Waals surface area contributed by atoms with Gasteiger partial charge < -0.3 is 15.2 Å². The van der Waals surface area contributed by atoms with Crippen LogP contribution in [0.5, 0.6) is 11.5 Å². The molecule has 0 saturated carbocycles. The molecule has 2 aromatic rings. The van der Waals surface area contributed by atoms with Crippen molar-refractivity contribution >= 4 is 10.0 Å². The fourth-order valence-electron chi connectivity index (χ4n) is 2.91. The van der Waals surface area contributed by atoms with E-state index in [0.717, 1.165) is 13.0 Å². The van der Waals surface area contributed by atoms with Crippen LogP contribution in [0.4, 0.5) is 0 Å². The lowest BCUT2D eigenvalue weighted by Gasteiger charge is -2.26. The lowest BCUT2D eigenvalue weighted by Crippen LogP contribution is -2.43. The van der Waals surface area contributed by atoms with Crippen LogP contribution in [0.15, 0.2) is 59.5 Å². The van der Waals surface area contributed by atoms with Crippen LogP contribution < -0.4 is 14.8 Å². The molecule has 140 valence electrons. The van der Waals surface area contributed by atoms with E-state index in [1.54, 1.807) is 12.1 Å². The lowest BCUT2D eigenvalue weighted by molar-refractivity contribution is 0.0335. The van der Waals surface area contributed by atoms with Crippen LogP contribution in [-0.4, -0.2) is 38.8 Å². The van der Waals surface area contributed by atoms with Crippen LogP contribution in [0.2, 0.25) is 0 Å². The molecule has 0 bridgehead atoms. The average Bonchev–Trinajstić information content (AvgIpc) is 2.87. The van der Waals surface area contributed by atoms with Gasteiger partial charge in [-0.1, -0.05) is 18.2 Å². The summed E-state index contributed by atoms with van der Waals surface area (Å²) in [5.41, 5.74) is -1.01. The summed E-state index contributed by atoms with van der Waals surface area (Å²) in [5.74, 6) is 1.24. The molecule has 0 aliphatic carbocycles. The number of benzene rings is 2. The highest BCUT2D eigenvalue weighted by Gasteiger charge is 2.29. The second-order valence-corrected chi connectivity index (χ2v) is 8.31. The Morgan fingerprint density at radius 3 is 2.42 bits per heavy atom. The molecule has 1 fully saturated rings. The van der Waals surface area contributed by atoms with Crippen molar-refractivity contribution in [2.75, 3.05) is 19.6 Å². The van der Waals surface area contributed by atoms with Crippen molar-refractivity contribution in [1.29, 1.82) is 0 Å². The number of ether oxygens (including phenoxy) is 1. The highest BCUT2D eigenvalue weighted by molar-refractivity contribution is 7.89. The van der Waals surface area contributed by atoms with E-state index in [1.807, 2.05) is 30.3 Å². The van der Waals surface area contributed by atoms with E-state index >= 15 is 0 Å². The Morgan fingerprint density at radius 1 is 1.00 bits per heavy atom. The Bertz CT molecular complexity index is 799. The van der Waals surface area contributed by atoms with E-state index < -0.39 is 15.6 Å². The molecular weight excluding hydrogens is 352 g/mol. The van der Waals surface area contributed by atoms with Crippen molar-refractivity contribution in [3.63, 3.8) is 0 Å². The monoisotopic (exact) mass is 376 g/mol. The van der Waals surface area contributed by atoms with E-state index in [1.165, 1.54) is 12.1 Å². The van der Waals surface area contributed by atoms with Gasteiger partial charge in [-0.2, -0.15) is 0 Å². The van der Waals surface area contributed by atoms with Crippen molar-refractivity contribution < 1.29 is 18.3 Å². The van der Waals surface area contributed by atoms with Crippen LogP contribution in [0.3, 0.4) is 0 Å². The standard InChI is InChI=1S/C19H24N2O4S/c22-19(11-4-13-20-14-12-19)15-21-26(23,24)18-9-7-17(8-10-18)25-16-5-2-1-3-6-16/h1-3,5-10,20-22H,4,11-15H2/t19-/m1/s1. The summed E-state index contributed by atoms with van der Waals surface area (Å²) in [4.78, 5) is 0.147. The van der Waals surface area contributed by atoms with Gasteiger partial charge >= 0.3 is 0 Å². The molecule has 0 radical (unpaired) electrons. The van der Waals surface area contributed by atoms with Crippen LogP contribution in [-0.2, 0) is 10.0 Å². The molecule has 7 heteroatoms. The van der Waals surface area contributed by atoms with Crippen molar-refractivity contribution in [2.24, 2.45) is 0 Å². The fourth-order valence-corrected chi connectivity index (χ4v) is 4.03. The Labute approximate surface area is 154 Å². The second kappa shape index (κ2) is 8.18. The zero-order valence-corrected chi connectivity index (χ0v) is 15.3. The Balaban J connectivity index is 1.63. The van der Waals surface area contributed by atoms with Gasteiger partial charge in [-0.3, -0.25) is 0 Å². The van der Waals surface area contributed by atoms with Gasteiger partial charge in [0.1, 0.15) is 11.5 Å². The van der Waals surface area contributed by atoms with Crippen molar-refractivity contribution in [2.45, 2.75) is 29.8 Å². The first-order valence-corrected chi connectivity index (χ1v) is 10.2. The Morgan fingerprint density at radius 2 is 1.69 bits per heavy atom. The molecule has 1 aliphatic heterocycles. The van der Waals surface area contributed by atoms with E-state index in [9.17, 15) is 13.5 Å². The Hall–Kier alpha value is -1.93. The van der Waals surface area contributed by atoms with Gasteiger partial charge in [0.25, 0.3) is 0 Å². The number of nitrogens with one attached hydrogen (secondary N) is 2. The molecule has 1 heterocycles. The maximum absolute atomic E-state index is 12.5. The third-order valence-electron chi connectivity index (χ3n) is 4.47. The number of hydrogen-bond acceptors (Lipinski definition) is 5. The topological polar surface area (TPSA) is 87.7 Å². The SMILES string of the molecule is O=S(=O)(NC[C@@]1(O)CCCNCC1)c1ccc(Oc2ccccc2)cc1. The van der Waals surface area contributed by atoms with E-state index in [-0.39, 0.29) is 11.4 Å². The molecular formula is C19H24N2O4S. The van der Waals surface area contributed by atoms with Crippen LogP contribution >= 0.6 is 0 Å². The lowest BCUT2D eigenvalue weighted by atomic mass is 9.95. The van der Waals surface area contributed by atoms with E-state index in [2.05, 4.69) is 10.0 Å². The van der Waals surface area contributed by atoms with Gasteiger partial charge in [-0.05, 0) is 68.8 Å². The van der Waals surface area contributed by atoms with Gasteiger partial charge in [-0.25, -0.2) is 13.1 Å². The van der Waals surface area contributed by atoms with Crippen molar-refractivity contribution in [3.8, 4) is 11.5 Å². The first kappa shape index (κ1) is 18.8. The minimum absolute atomic E-state index is 0.0132. The molecule has 26 heavy (non-hydrogen) atoms. The molecule has 0 amide bonds. The van der Waals surface area contributed by atoms with Crippen LogP contribution in [0.1, 0.15) is 19.3 Å². The molecule has 0 unspecified atom stereocenters. The molecule has 1 aliphatic rings. The number of hydrogen-bond donors (Lipinski definition) is 3. The van der Waals surface area contributed by atoms with Gasteiger partial charge in [0.2, 0.25) is 10.0 Å². The maximum atomic E-state index is 12.5. The number of aliphatic hydroxyl groups is 1. The number of rotatable bonds is 6. The molecule has 3 rings (SSSR count). The van der Waals surface area contributed by atoms with Crippen molar-refractivity contribution in [3.05, 3.63) is 54.6 Å². The summed E-state index contributed by atoms with van der Waals surface area (Å²) in [6.45, 7) is 1.54. The predicted octanol–water partition coefficient (Wildman–Crippen LogP) is 2.26. The highest BCUT2D eigenvalue weighted by atomic mass is 32.2. The minimum atomic E-state index is -3.69. The molecule has 0 aromatic heterocycles. The zero-order chi connectivity index (χ0) is 18.5. The quantitative estimate of drug-likeness (QED) is 0.720. The van der Waals surface area contributed by atoms with E-state index in [0.29, 0.717) is 30.9 Å². The first-order valence-electron chi connectivity index (χ1n) is 8.73. The molecule has 1 saturated heterocycles. The van der Waals surface area contributed by atoms with Gasteiger partial charge in [0.15, 0.2) is 0 Å². The molecule has 0 spiro atoms. The molecule has 1 atom stereocenters. The fraction of sp³-hybridized carbons (Fsp3) is 0.368. The molecule has 3 N–H and O–H groups in total. The predicted molar refractivity (Wildman–Crippen MR) is 99.8 cm³/mol. The van der Waals surface area contributed by atoms with E-state index in [4.69, 9.17) is 4.74 Å². The average molecular weight is 376 g/mol. The summed E-state index contributed by atoms with van der Waals surface area (Å²) in [6.07, 6.45) is 1.93. The minimum Gasteiger partial charge on any atom is -0.457 e. The second-order valence-electron chi connectivity index (χ2n) is 6.54. The smallest absolute Gasteiger partial charge is 0.240 e. The summed E-state index contributed by atoms with van der Waals surface area (Å²) < 4.78 is 33.2. The maximum Gasteiger partial charge on any atom is 0.240 e. The highest BCUT2D eigenvalue weighted by Crippen LogP contribution is 2.23. The number of para-hydroxylation sites is 1.